The number of anilines is 1. The lowest BCUT2D eigenvalue weighted by Crippen LogP contribution is -2.51. The van der Waals surface area contributed by atoms with Gasteiger partial charge in [-0.05, 0) is 41.0 Å². The molecule has 41 heavy (non-hydrogen) atoms. The highest BCUT2D eigenvalue weighted by Gasteiger charge is 2.28. The summed E-state index contributed by atoms with van der Waals surface area (Å²) < 4.78 is 32.1. The molecule has 0 bridgehead atoms. The number of piperazine rings is 1. The molecule has 5 rings (SSSR count). The van der Waals surface area contributed by atoms with Gasteiger partial charge in [0, 0.05) is 26.2 Å². The molecule has 1 aliphatic rings. The van der Waals surface area contributed by atoms with E-state index in [9.17, 15) is 13.2 Å². The number of benzene rings is 4. The monoisotopic (exact) mass is 569 g/mol. The molecular weight excluding hydrogens is 534 g/mol. The van der Waals surface area contributed by atoms with Crippen LogP contribution in [0.4, 0.5) is 5.69 Å². The van der Waals surface area contributed by atoms with Crippen molar-refractivity contribution in [3.63, 3.8) is 0 Å². The first-order valence-corrected chi connectivity index (χ1v) is 15.6. The molecule has 1 heterocycles. The highest BCUT2D eigenvalue weighted by molar-refractivity contribution is 7.92. The molecule has 0 radical (unpaired) electrons. The normalized spacial score (nSPS) is 14.1. The maximum Gasteiger partial charge on any atom is 0.260 e. The summed E-state index contributed by atoms with van der Waals surface area (Å²) in [6.07, 6.45) is 1.20. The molecule has 7 nitrogen and oxygen atoms in total. The highest BCUT2D eigenvalue weighted by atomic mass is 32.2. The number of nitrogens with zero attached hydrogens (tertiary/aromatic N) is 3. The van der Waals surface area contributed by atoms with E-state index in [4.69, 9.17) is 4.74 Å². The second-order valence-electron chi connectivity index (χ2n) is 10.2. The lowest BCUT2D eigenvalue weighted by Gasteiger charge is -2.39. The summed E-state index contributed by atoms with van der Waals surface area (Å²) in [6.45, 7) is 2.94. The molecule has 1 amide bonds. The SMILES string of the molecule is CS(=O)(=O)N(Cc1ccccc1)c1ccc(OCC(=O)N2CCN(C(c3ccccc3)c3ccccc3)CC2)cc1. The van der Waals surface area contributed by atoms with Gasteiger partial charge in [0.15, 0.2) is 6.61 Å². The van der Waals surface area contributed by atoms with Crippen molar-refractivity contribution in [2.75, 3.05) is 43.3 Å². The largest absolute Gasteiger partial charge is 0.484 e. The van der Waals surface area contributed by atoms with Crippen LogP contribution in [0.5, 0.6) is 5.75 Å². The Kier molecular flexibility index (Phi) is 9.01. The number of rotatable bonds is 10. The number of amides is 1. The van der Waals surface area contributed by atoms with E-state index in [1.165, 1.54) is 21.7 Å². The highest BCUT2D eigenvalue weighted by Crippen LogP contribution is 2.29. The van der Waals surface area contributed by atoms with Gasteiger partial charge < -0.3 is 9.64 Å². The summed E-state index contributed by atoms with van der Waals surface area (Å²) in [7, 11) is -3.49. The van der Waals surface area contributed by atoms with Gasteiger partial charge in [0.1, 0.15) is 5.75 Å². The van der Waals surface area contributed by atoms with E-state index in [0.29, 0.717) is 24.5 Å². The second kappa shape index (κ2) is 13.0. The molecule has 0 unspecified atom stereocenters. The van der Waals surface area contributed by atoms with Gasteiger partial charge >= 0.3 is 0 Å². The van der Waals surface area contributed by atoms with E-state index in [-0.39, 0.29) is 25.1 Å². The molecule has 0 aliphatic carbocycles. The Bertz CT molecular complexity index is 1470. The Balaban J connectivity index is 1.17. The van der Waals surface area contributed by atoms with Crippen molar-refractivity contribution in [3.8, 4) is 5.75 Å². The van der Waals surface area contributed by atoms with Gasteiger partial charge in [-0.1, -0.05) is 91.0 Å². The molecule has 4 aromatic carbocycles. The zero-order valence-electron chi connectivity index (χ0n) is 23.2. The van der Waals surface area contributed by atoms with Gasteiger partial charge in [-0.15, -0.1) is 0 Å². The standard InChI is InChI=1S/C33H35N3O4S/c1-41(38,39)36(25-27-11-5-2-6-12-27)30-17-19-31(20-18-30)40-26-32(37)34-21-23-35(24-22-34)33(28-13-7-3-8-14-28)29-15-9-4-10-16-29/h2-20,33H,21-26H2,1H3. The van der Waals surface area contributed by atoms with Crippen LogP contribution in [-0.4, -0.2) is 63.2 Å². The van der Waals surface area contributed by atoms with Crippen LogP contribution >= 0.6 is 0 Å². The van der Waals surface area contributed by atoms with Crippen LogP contribution in [0.25, 0.3) is 0 Å². The predicted molar refractivity (Wildman–Crippen MR) is 162 cm³/mol. The maximum atomic E-state index is 13.0. The molecule has 1 aliphatic heterocycles. The smallest absolute Gasteiger partial charge is 0.260 e. The quantitative estimate of drug-likeness (QED) is 0.270. The van der Waals surface area contributed by atoms with Crippen LogP contribution in [-0.2, 0) is 21.4 Å². The summed E-state index contributed by atoms with van der Waals surface area (Å²) in [4.78, 5) is 17.3. The number of hydrogen-bond donors (Lipinski definition) is 0. The molecule has 0 N–H and O–H groups in total. The van der Waals surface area contributed by atoms with Crippen molar-refractivity contribution in [2.24, 2.45) is 0 Å². The van der Waals surface area contributed by atoms with Crippen molar-refractivity contribution in [3.05, 3.63) is 132 Å². The van der Waals surface area contributed by atoms with Crippen LogP contribution < -0.4 is 9.04 Å². The molecule has 1 saturated heterocycles. The van der Waals surface area contributed by atoms with Crippen LogP contribution in [0, 0.1) is 0 Å². The van der Waals surface area contributed by atoms with Gasteiger partial charge in [-0.25, -0.2) is 8.42 Å². The molecule has 0 atom stereocenters. The van der Waals surface area contributed by atoms with Crippen LogP contribution in [0.2, 0.25) is 0 Å². The number of sulfonamides is 1. The average Bonchev–Trinajstić information content (AvgIpc) is 3.00. The lowest BCUT2D eigenvalue weighted by atomic mass is 9.96. The van der Waals surface area contributed by atoms with Crippen molar-refractivity contribution >= 4 is 21.6 Å². The van der Waals surface area contributed by atoms with E-state index in [1.54, 1.807) is 24.3 Å². The Labute approximate surface area is 242 Å². The number of ether oxygens (including phenoxy) is 1. The molecule has 8 heteroatoms. The predicted octanol–water partition coefficient (Wildman–Crippen LogP) is 4.97. The Morgan fingerprint density at radius 2 is 1.27 bits per heavy atom. The molecule has 212 valence electrons. The fraction of sp³-hybridized carbons (Fsp3) is 0.242. The summed E-state index contributed by atoms with van der Waals surface area (Å²) in [6, 6.07) is 37.4. The van der Waals surface area contributed by atoms with Crippen molar-refractivity contribution in [2.45, 2.75) is 12.6 Å². The van der Waals surface area contributed by atoms with E-state index in [2.05, 4.69) is 53.4 Å². The summed E-state index contributed by atoms with van der Waals surface area (Å²) in [5.41, 5.74) is 3.91. The van der Waals surface area contributed by atoms with Crippen LogP contribution in [0.3, 0.4) is 0 Å². The Morgan fingerprint density at radius 3 is 1.78 bits per heavy atom. The molecule has 0 aromatic heterocycles. The number of hydrogen-bond acceptors (Lipinski definition) is 5. The number of carbonyl (C=O) groups excluding carboxylic acids is 1. The lowest BCUT2D eigenvalue weighted by molar-refractivity contribution is -0.135. The molecular formula is C33H35N3O4S. The van der Waals surface area contributed by atoms with Gasteiger partial charge in [0.05, 0.1) is 24.5 Å². The molecule has 0 spiro atoms. The van der Waals surface area contributed by atoms with Crippen LogP contribution in [0.1, 0.15) is 22.7 Å². The summed E-state index contributed by atoms with van der Waals surface area (Å²) in [5.74, 6) is 0.452. The fourth-order valence-corrected chi connectivity index (χ4v) is 6.10. The molecule has 4 aromatic rings. The van der Waals surface area contributed by atoms with E-state index < -0.39 is 10.0 Å². The van der Waals surface area contributed by atoms with Gasteiger partial charge in [0.2, 0.25) is 10.0 Å². The van der Waals surface area contributed by atoms with E-state index in [0.717, 1.165) is 18.7 Å². The minimum Gasteiger partial charge on any atom is -0.484 e. The van der Waals surface area contributed by atoms with Gasteiger partial charge in [-0.3, -0.25) is 14.0 Å². The topological polar surface area (TPSA) is 70.2 Å². The fourth-order valence-electron chi connectivity index (χ4n) is 5.21. The summed E-state index contributed by atoms with van der Waals surface area (Å²) >= 11 is 0. The molecule has 0 saturated carbocycles. The van der Waals surface area contributed by atoms with Crippen molar-refractivity contribution in [1.29, 1.82) is 0 Å². The van der Waals surface area contributed by atoms with Gasteiger partial charge in [0.25, 0.3) is 5.91 Å². The van der Waals surface area contributed by atoms with Crippen molar-refractivity contribution in [1.82, 2.24) is 9.80 Å². The van der Waals surface area contributed by atoms with E-state index in [1.807, 2.05) is 47.4 Å². The second-order valence-corrected chi connectivity index (χ2v) is 12.1. The Morgan fingerprint density at radius 1 is 0.756 bits per heavy atom. The minimum absolute atomic E-state index is 0.0634. The zero-order chi connectivity index (χ0) is 28.7. The third-order valence-electron chi connectivity index (χ3n) is 7.32. The first-order valence-electron chi connectivity index (χ1n) is 13.7. The third kappa shape index (κ3) is 7.34. The Hall–Kier alpha value is -4.14. The van der Waals surface area contributed by atoms with Gasteiger partial charge in [-0.2, -0.15) is 0 Å². The minimum atomic E-state index is -3.49. The maximum absolute atomic E-state index is 13.0. The number of carbonyl (C=O) groups is 1. The first-order chi connectivity index (χ1) is 19.9. The summed E-state index contributed by atoms with van der Waals surface area (Å²) in [5, 5.41) is 0. The van der Waals surface area contributed by atoms with Crippen molar-refractivity contribution < 1.29 is 17.9 Å². The zero-order valence-corrected chi connectivity index (χ0v) is 24.0. The third-order valence-corrected chi connectivity index (χ3v) is 8.46. The molecule has 1 fully saturated rings. The average molecular weight is 570 g/mol. The van der Waals surface area contributed by atoms with Crippen LogP contribution in [0.15, 0.2) is 115 Å². The first kappa shape index (κ1) is 28.4. The van der Waals surface area contributed by atoms with E-state index >= 15 is 0 Å².